The van der Waals surface area contributed by atoms with Crippen LogP contribution in [0.3, 0.4) is 0 Å². The van der Waals surface area contributed by atoms with E-state index in [0.29, 0.717) is 17.9 Å². The van der Waals surface area contributed by atoms with Crippen LogP contribution in [-0.2, 0) is 9.59 Å². The van der Waals surface area contributed by atoms with Gasteiger partial charge in [-0.1, -0.05) is 0 Å². The number of anilines is 1. The molecule has 1 aromatic rings. The first-order valence-electron chi connectivity index (χ1n) is 6.13. The van der Waals surface area contributed by atoms with Gasteiger partial charge in [0.2, 0.25) is 5.91 Å². The van der Waals surface area contributed by atoms with Gasteiger partial charge in [-0.05, 0) is 68.7 Å². The monoisotopic (exact) mass is 438 g/mol. The number of hydrogen-bond donors (Lipinski definition) is 3. The van der Waals surface area contributed by atoms with E-state index in [0.717, 1.165) is 14.5 Å². The van der Waals surface area contributed by atoms with E-state index < -0.39 is 12.0 Å². The third kappa shape index (κ3) is 6.37. The van der Waals surface area contributed by atoms with Gasteiger partial charge in [0.05, 0.1) is 11.4 Å². The largest absolute Gasteiger partial charge is 0.480 e. The lowest BCUT2D eigenvalue weighted by molar-refractivity contribution is -0.138. The SMILES string of the molecule is Cc1cc(Br)c(NC(=O)CSCCC(N)C(=O)O)c(Br)c1. The number of carboxylic acids is 1. The summed E-state index contributed by atoms with van der Waals surface area (Å²) >= 11 is 8.18. The molecule has 0 heterocycles. The number of rotatable bonds is 7. The van der Waals surface area contributed by atoms with Crippen LogP contribution in [0.5, 0.6) is 0 Å². The predicted molar refractivity (Wildman–Crippen MR) is 92.8 cm³/mol. The molecule has 0 aliphatic heterocycles. The van der Waals surface area contributed by atoms with E-state index in [1.54, 1.807) is 0 Å². The second kappa shape index (κ2) is 8.77. The number of hydrogen-bond acceptors (Lipinski definition) is 4. The summed E-state index contributed by atoms with van der Waals surface area (Å²) in [5.41, 5.74) is 7.15. The van der Waals surface area contributed by atoms with Crippen molar-refractivity contribution < 1.29 is 14.7 Å². The molecule has 0 aliphatic carbocycles. The number of carbonyl (C=O) groups is 2. The zero-order valence-electron chi connectivity index (χ0n) is 11.4. The van der Waals surface area contributed by atoms with Crippen molar-refractivity contribution >= 4 is 61.2 Å². The van der Waals surface area contributed by atoms with Crippen LogP contribution in [0.2, 0.25) is 0 Å². The summed E-state index contributed by atoms with van der Waals surface area (Å²) in [7, 11) is 0. The first kappa shape index (κ1) is 18.5. The molecule has 116 valence electrons. The molecule has 0 radical (unpaired) electrons. The van der Waals surface area contributed by atoms with Crippen molar-refractivity contribution in [2.45, 2.75) is 19.4 Å². The lowest BCUT2D eigenvalue weighted by Crippen LogP contribution is -2.30. The average Bonchev–Trinajstić information content (AvgIpc) is 2.38. The highest BCUT2D eigenvalue weighted by Gasteiger charge is 2.12. The van der Waals surface area contributed by atoms with Crippen LogP contribution in [0, 0.1) is 6.92 Å². The first-order chi connectivity index (χ1) is 9.81. The van der Waals surface area contributed by atoms with Crippen molar-refractivity contribution in [1.29, 1.82) is 0 Å². The van der Waals surface area contributed by atoms with E-state index in [9.17, 15) is 9.59 Å². The number of nitrogens with two attached hydrogens (primary N) is 1. The van der Waals surface area contributed by atoms with Crippen molar-refractivity contribution in [1.82, 2.24) is 0 Å². The second-order valence-corrected chi connectivity index (χ2v) is 7.25. The average molecular weight is 440 g/mol. The Kier molecular flexibility index (Phi) is 7.72. The Morgan fingerprint density at radius 1 is 1.38 bits per heavy atom. The molecule has 0 aliphatic rings. The number of carbonyl (C=O) groups excluding carboxylic acids is 1. The fourth-order valence-electron chi connectivity index (χ4n) is 1.49. The zero-order valence-corrected chi connectivity index (χ0v) is 15.3. The van der Waals surface area contributed by atoms with Gasteiger partial charge in [-0.2, -0.15) is 11.8 Å². The fourth-order valence-corrected chi connectivity index (χ4v) is 3.93. The number of aryl methyl sites for hydroxylation is 1. The molecule has 5 nitrogen and oxygen atoms in total. The zero-order chi connectivity index (χ0) is 16.0. The Hall–Kier alpha value is -0.570. The predicted octanol–water partition coefficient (Wildman–Crippen LogP) is 2.99. The van der Waals surface area contributed by atoms with Crippen molar-refractivity contribution in [3.8, 4) is 0 Å². The summed E-state index contributed by atoms with van der Waals surface area (Å²) in [4.78, 5) is 22.4. The van der Waals surface area contributed by atoms with E-state index in [-0.39, 0.29) is 11.7 Å². The van der Waals surface area contributed by atoms with E-state index in [1.165, 1.54) is 11.8 Å². The quantitative estimate of drug-likeness (QED) is 0.568. The van der Waals surface area contributed by atoms with Crippen LogP contribution < -0.4 is 11.1 Å². The Balaban J connectivity index is 2.43. The van der Waals surface area contributed by atoms with Crippen LogP contribution in [0.15, 0.2) is 21.1 Å². The maximum Gasteiger partial charge on any atom is 0.320 e. The highest BCUT2D eigenvalue weighted by atomic mass is 79.9. The second-order valence-electron chi connectivity index (χ2n) is 4.44. The molecular weight excluding hydrogens is 424 g/mol. The van der Waals surface area contributed by atoms with Crippen LogP contribution in [0.4, 0.5) is 5.69 Å². The minimum absolute atomic E-state index is 0.144. The number of amides is 1. The lowest BCUT2D eigenvalue weighted by Gasteiger charge is -2.11. The van der Waals surface area contributed by atoms with Crippen molar-refractivity contribution in [2.75, 3.05) is 16.8 Å². The maximum absolute atomic E-state index is 11.9. The summed E-state index contributed by atoms with van der Waals surface area (Å²) in [6.45, 7) is 1.96. The number of halogens is 2. The van der Waals surface area contributed by atoms with Gasteiger partial charge in [-0.25, -0.2) is 0 Å². The highest BCUT2D eigenvalue weighted by molar-refractivity contribution is 9.11. The molecule has 21 heavy (non-hydrogen) atoms. The van der Waals surface area contributed by atoms with Crippen molar-refractivity contribution in [3.63, 3.8) is 0 Å². The molecule has 0 spiro atoms. The third-order valence-electron chi connectivity index (χ3n) is 2.57. The number of nitrogens with one attached hydrogen (secondary N) is 1. The van der Waals surface area contributed by atoms with Gasteiger partial charge in [-0.15, -0.1) is 0 Å². The van der Waals surface area contributed by atoms with Gasteiger partial charge in [0, 0.05) is 8.95 Å². The number of aliphatic carboxylic acids is 1. The molecule has 1 rings (SSSR count). The number of benzene rings is 1. The molecule has 4 N–H and O–H groups in total. The minimum Gasteiger partial charge on any atom is -0.480 e. The van der Waals surface area contributed by atoms with Gasteiger partial charge >= 0.3 is 5.97 Å². The van der Waals surface area contributed by atoms with Gasteiger partial charge in [0.25, 0.3) is 0 Å². The molecule has 8 heteroatoms. The Labute approximate surface area is 144 Å². The molecule has 0 saturated heterocycles. The molecule has 0 saturated carbocycles. The van der Waals surface area contributed by atoms with Crippen LogP contribution >= 0.6 is 43.6 Å². The van der Waals surface area contributed by atoms with Gasteiger partial charge in [0.1, 0.15) is 6.04 Å². The summed E-state index contributed by atoms with van der Waals surface area (Å²) < 4.78 is 1.61. The van der Waals surface area contributed by atoms with Crippen LogP contribution in [0.1, 0.15) is 12.0 Å². The van der Waals surface area contributed by atoms with Crippen molar-refractivity contribution in [2.24, 2.45) is 5.73 Å². The molecule has 1 amide bonds. The Morgan fingerprint density at radius 2 is 1.95 bits per heavy atom. The summed E-state index contributed by atoms with van der Waals surface area (Å²) in [5, 5.41) is 11.5. The van der Waals surface area contributed by atoms with E-state index in [2.05, 4.69) is 37.2 Å². The van der Waals surface area contributed by atoms with Crippen LogP contribution in [0.25, 0.3) is 0 Å². The topological polar surface area (TPSA) is 92.4 Å². The molecule has 1 atom stereocenters. The number of thioether (sulfide) groups is 1. The van der Waals surface area contributed by atoms with E-state index >= 15 is 0 Å². The molecule has 0 aromatic heterocycles. The van der Waals surface area contributed by atoms with Crippen molar-refractivity contribution in [3.05, 3.63) is 26.6 Å². The first-order valence-corrected chi connectivity index (χ1v) is 8.87. The highest BCUT2D eigenvalue weighted by Crippen LogP contribution is 2.32. The third-order valence-corrected chi connectivity index (χ3v) is 4.82. The van der Waals surface area contributed by atoms with E-state index in [4.69, 9.17) is 10.8 Å². The fraction of sp³-hybridized carbons (Fsp3) is 0.385. The maximum atomic E-state index is 11.9. The lowest BCUT2D eigenvalue weighted by atomic mass is 10.2. The minimum atomic E-state index is -1.02. The van der Waals surface area contributed by atoms with Gasteiger partial charge < -0.3 is 16.2 Å². The summed E-state index contributed by atoms with van der Waals surface area (Å²) in [5.74, 6) is -0.391. The molecule has 0 bridgehead atoms. The van der Waals surface area contributed by atoms with Crippen LogP contribution in [-0.4, -0.2) is 34.5 Å². The smallest absolute Gasteiger partial charge is 0.320 e. The summed E-state index contributed by atoms with van der Waals surface area (Å²) in [6, 6.07) is 2.96. The summed E-state index contributed by atoms with van der Waals surface area (Å²) in [6.07, 6.45) is 0.338. The molecule has 1 unspecified atom stereocenters. The molecule has 0 fully saturated rings. The van der Waals surface area contributed by atoms with E-state index in [1.807, 2.05) is 19.1 Å². The standard InChI is InChI=1S/C13H16Br2N2O3S/c1-7-4-8(14)12(9(15)5-7)17-11(18)6-21-3-2-10(16)13(19)20/h4-5,10H,2-3,6,16H2,1H3,(H,17,18)(H,19,20). The Morgan fingerprint density at radius 3 is 2.48 bits per heavy atom. The van der Waals surface area contributed by atoms with Gasteiger partial charge in [0.15, 0.2) is 0 Å². The Bertz CT molecular complexity index is 517. The van der Waals surface area contributed by atoms with Gasteiger partial charge in [-0.3, -0.25) is 9.59 Å². The molecular formula is C13H16Br2N2O3S. The number of carboxylic acid groups (broad SMARTS) is 1. The molecule has 1 aromatic carbocycles. The normalized spacial score (nSPS) is 12.0.